The average Bonchev–Trinajstić information content (AvgIpc) is 3.31. The molecule has 3 unspecified atom stereocenters. The molecule has 400 valence electrons. The van der Waals surface area contributed by atoms with Gasteiger partial charge in [-0.1, -0.05) is 259 Å². The predicted molar refractivity (Wildman–Crippen MR) is 297 cm³/mol. The topological polar surface area (TPSA) is 108 Å². The van der Waals surface area contributed by atoms with Crippen LogP contribution in [-0.2, 0) is 18.4 Å². The molecule has 0 aliphatic carbocycles. The number of nitrogens with zero attached hydrogens (tertiary/aromatic N) is 1. The molecule has 0 saturated heterocycles. The summed E-state index contributed by atoms with van der Waals surface area (Å²) in [4.78, 5) is 25.3. The number of unbranched alkanes of at least 4 members (excludes halogenated alkanes) is 27. The zero-order valence-electron chi connectivity index (χ0n) is 45.5. The van der Waals surface area contributed by atoms with E-state index < -0.39 is 26.6 Å². The molecular formula is C60H109N2O6P. The Morgan fingerprint density at radius 1 is 0.522 bits per heavy atom. The summed E-state index contributed by atoms with van der Waals surface area (Å²) in [6.45, 7) is 4.44. The third kappa shape index (κ3) is 53.3. The number of nitrogens with one attached hydrogen (secondary N) is 1. The smallest absolute Gasteiger partial charge is 0.268 e. The van der Waals surface area contributed by atoms with Gasteiger partial charge in [-0.05, 0) is 57.8 Å². The fourth-order valence-electron chi connectivity index (χ4n) is 7.94. The van der Waals surface area contributed by atoms with Gasteiger partial charge in [-0.2, -0.15) is 0 Å². The summed E-state index contributed by atoms with van der Waals surface area (Å²) >= 11 is 0. The van der Waals surface area contributed by atoms with Gasteiger partial charge in [0.2, 0.25) is 5.91 Å². The van der Waals surface area contributed by atoms with E-state index in [4.69, 9.17) is 9.05 Å². The lowest BCUT2D eigenvalue weighted by molar-refractivity contribution is -0.870. The van der Waals surface area contributed by atoms with Crippen molar-refractivity contribution >= 4 is 13.7 Å². The lowest BCUT2D eigenvalue weighted by Gasteiger charge is -2.29. The van der Waals surface area contributed by atoms with Crippen LogP contribution >= 0.6 is 7.82 Å². The van der Waals surface area contributed by atoms with Gasteiger partial charge in [-0.3, -0.25) is 9.36 Å². The number of carbonyl (C=O) groups excluding carboxylic acids is 1. The van der Waals surface area contributed by atoms with Crippen molar-refractivity contribution in [2.24, 2.45) is 0 Å². The number of hydrogen-bond acceptors (Lipinski definition) is 6. The standard InChI is InChI=1S/C60H109N2O6P/c1-6-8-10-12-14-16-18-20-22-23-24-25-26-27-28-29-30-31-32-33-34-35-36-37-38-40-41-43-45-47-49-51-53-59(63)58(57-68-69(65,66)67-56-55-62(3,4)5)61-60(64)54-52-50-48-46-44-42-39-21-19-17-15-13-11-9-7-2/h9,11,15,17,21,39,43-46,50-53,58-59,63H,6-8,10,12-14,16,18-20,22-38,40-42,47-49,54-57H2,1-5H3,(H-,61,64,65,66)/b11-9-,17-15-,39-21-,45-43+,46-44-,52-50-,53-51+. The Morgan fingerprint density at radius 3 is 1.32 bits per heavy atom. The van der Waals surface area contributed by atoms with Gasteiger partial charge < -0.3 is 28.8 Å². The van der Waals surface area contributed by atoms with Crippen LogP contribution in [0.15, 0.2) is 85.1 Å². The van der Waals surface area contributed by atoms with Crippen LogP contribution < -0.4 is 10.2 Å². The number of carbonyl (C=O) groups is 1. The largest absolute Gasteiger partial charge is 0.756 e. The van der Waals surface area contributed by atoms with Crippen molar-refractivity contribution in [3.63, 3.8) is 0 Å². The van der Waals surface area contributed by atoms with E-state index in [1.54, 1.807) is 12.2 Å². The summed E-state index contributed by atoms with van der Waals surface area (Å²) in [5, 5.41) is 13.7. The van der Waals surface area contributed by atoms with Crippen molar-refractivity contribution < 1.29 is 32.9 Å². The molecule has 69 heavy (non-hydrogen) atoms. The molecule has 0 aromatic heterocycles. The maximum atomic E-state index is 12.8. The normalized spacial score (nSPS) is 14.6. The summed E-state index contributed by atoms with van der Waals surface area (Å²) in [5.74, 6) is -0.335. The Bertz CT molecular complexity index is 1400. The minimum absolute atomic E-state index is 0.0267. The molecule has 0 bridgehead atoms. The van der Waals surface area contributed by atoms with Crippen molar-refractivity contribution in [2.45, 2.75) is 251 Å². The molecule has 9 heteroatoms. The van der Waals surface area contributed by atoms with Gasteiger partial charge in [-0.25, -0.2) is 0 Å². The number of amides is 1. The third-order valence-corrected chi connectivity index (χ3v) is 13.3. The Morgan fingerprint density at radius 2 is 0.899 bits per heavy atom. The van der Waals surface area contributed by atoms with Crippen LogP contribution in [0.1, 0.15) is 239 Å². The quantitative estimate of drug-likeness (QED) is 0.0272. The van der Waals surface area contributed by atoms with E-state index in [1.165, 1.54) is 167 Å². The summed E-state index contributed by atoms with van der Waals surface area (Å²) in [6.07, 6.45) is 71.5. The first kappa shape index (κ1) is 66.7. The maximum Gasteiger partial charge on any atom is 0.268 e. The third-order valence-electron chi connectivity index (χ3n) is 12.4. The zero-order chi connectivity index (χ0) is 50.6. The molecule has 0 heterocycles. The number of allylic oxidation sites excluding steroid dienone is 12. The second-order valence-electron chi connectivity index (χ2n) is 20.3. The lowest BCUT2D eigenvalue weighted by atomic mass is 10.0. The van der Waals surface area contributed by atoms with Gasteiger partial charge in [0, 0.05) is 6.42 Å². The zero-order valence-corrected chi connectivity index (χ0v) is 46.4. The van der Waals surface area contributed by atoms with Gasteiger partial charge in [-0.15, -0.1) is 0 Å². The van der Waals surface area contributed by atoms with Crippen LogP contribution in [0.25, 0.3) is 0 Å². The molecule has 2 N–H and O–H groups in total. The molecule has 0 aromatic rings. The molecule has 8 nitrogen and oxygen atoms in total. The highest BCUT2D eigenvalue weighted by atomic mass is 31.2. The highest BCUT2D eigenvalue weighted by Gasteiger charge is 2.23. The van der Waals surface area contributed by atoms with Gasteiger partial charge in [0.1, 0.15) is 13.2 Å². The predicted octanol–water partition coefficient (Wildman–Crippen LogP) is 16.6. The van der Waals surface area contributed by atoms with Crippen LogP contribution in [0.5, 0.6) is 0 Å². The first-order valence-corrected chi connectivity index (χ1v) is 29.9. The number of likely N-dealkylation sites (N-methyl/N-ethyl adjacent to an activating group) is 1. The minimum atomic E-state index is -4.63. The molecule has 0 aliphatic rings. The second kappa shape index (κ2) is 50.6. The molecule has 0 aliphatic heterocycles. The number of phosphoric ester groups is 1. The highest BCUT2D eigenvalue weighted by Crippen LogP contribution is 2.38. The van der Waals surface area contributed by atoms with Crippen LogP contribution in [0.4, 0.5) is 0 Å². The summed E-state index contributed by atoms with van der Waals surface area (Å²) in [5.41, 5.74) is 0. The van der Waals surface area contributed by atoms with Crippen LogP contribution in [-0.4, -0.2) is 68.5 Å². The number of aliphatic hydroxyl groups is 1. The number of hydrogen-bond donors (Lipinski definition) is 2. The van der Waals surface area contributed by atoms with E-state index in [0.29, 0.717) is 17.4 Å². The van der Waals surface area contributed by atoms with Crippen molar-refractivity contribution in [3.8, 4) is 0 Å². The van der Waals surface area contributed by atoms with Gasteiger partial charge in [0.05, 0.1) is 39.9 Å². The van der Waals surface area contributed by atoms with Crippen LogP contribution in [0.2, 0.25) is 0 Å². The van der Waals surface area contributed by atoms with Gasteiger partial charge >= 0.3 is 0 Å². The SMILES string of the molecule is CC/C=C\C/C=C\C/C=C\C/C=C\C/C=C\CC(=O)NC(COP(=O)([O-])OCC[N+](C)(C)C)C(O)/C=C/CC/C=C/CCCCCCCCCCCCCCCCCCCCCCCCCCCC. The number of aliphatic hydroxyl groups excluding tert-OH is 1. The molecular weight excluding hydrogens is 876 g/mol. The van der Waals surface area contributed by atoms with Gasteiger partial charge in [0.15, 0.2) is 0 Å². The fraction of sp³-hybridized carbons (Fsp3) is 0.750. The van der Waals surface area contributed by atoms with Crippen molar-refractivity contribution in [1.82, 2.24) is 5.32 Å². The molecule has 0 saturated carbocycles. The van der Waals surface area contributed by atoms with Crippen LogP contribution in [0.3, 0.4) is 0 Å². The van der Waals surface area contributed by atoms with E-state index in [2.05, 4.69) is 79.9 Å². The van der Waals surface area contributed by atoms with Crippen molar-refractivity contribution in [1.29, 1.82) is 0 Å². The molecule has 0 aromatic carbocycles. The molecule has 3 atom stereocenters. The Hall–Kier alpha value is -2.32. The highest BCUT2D eigenvalue weighted by molar-refractivity contribution is 7.45. The molecule has 1 amide bonds. The second-order valence-corrected chi connectivity index (χ2v) is 21.7. The minimum Gasteiger partial charge on any atom is -0.756 e. The molecule has 0 radical (unpaired) electrons. The monoisotopic (exact) mass is 985 g/mol. The van der Waals surface area contributed by atoms with Crippen molar-refractivity contribution in [2.75, 3.05) is 40.9 Å². The summed E-state index contributed by atoms with van der Waals surface area (Å²) in [7, 11) is 1.18. The molecule has 0 fully saturated rings. The fourth-order valence-corrected chi connectivity index (χ4v) is 8.67. The summed E-state index contributed by atoms with van der Waals surface area (Å²) in [6, 6.07) is -0.963. The van der Waals surface area contributed by atoms with Crippen LogP contribution in [0, 0.1) is 0 Å². The molecule has 0 rings (SSSR count). The lowest BCUT2D eigenvalue weighted by Crippen LogP contribution is -2.45. The Balaban J connectivity index is 4.22. The van der Waals surface area contributed by atoms with E-state index in [1.807, 2.05) is 33.3 Å². The maximum absolute atomic E-state index is 12.8. The number of phosphoric acid groups is 1. The summed E-state index contributed by atoms with van der Waals surface area (Å²) < 4.78 is 23.2. The van der Waals surface area contributed by atoms with Gasteiger partial charge in [0.25, 0.3) is 7.82 Å². The van der Waals surface area contributed by atoms with E-state index in [9.17, 15) is 19.4 Å². The number of rotatable bonds is 51. The first-order valence-electron chi connectivity index (χ1n) is 28.4. The van der Waals surface area contributed by atoms with E-state index in [-0.39, 0.29) is 18.9 Å². The molecule has 0 spiro atoms. The number of quaternary nitrogens is 1. The van der Waals surface area contributed by atoms with E-state index in [0.717, 1.165) is 44.9 Å². The Kier molecular flexibility index (Phi) is 48.9. The van der Waals surface area contributed by atoms with E-state index >= 15 is 0 Å². The Labute approximate surface area is 426 Å². The average molecular weight is 986 g/mol. The first-order chi connectivity index (χ1) is 33.5. The van der Waals surface area contributed by atoms with Crippen molar-refractivity contribution in [3.05, 3.63) is 85.1 Å².